The minimum atomic E-state index is 0.169. The Balaban J connectivity index is 2.17. The van der Waals surface area contributed by atoms with Crippen LogP contribution in [-0.4, -0.2) is 49.6 Å². The Morgan fingerprint density at radius 3 is 2.61 bits per heavy atom. The summed E-state index contributed by atoms with van der Waals surface area (Å²) in [7, 11) is 1.99. The van der Waals surface area contributed by atoms with E-state index in [1.165, 1.54) is 6.42 Å². The molecule has 4 heteroatoms. The van der Waals surface area contributed by atoms with Gasteiger partial charge in [0.25, 0.3) is 0 Å². The Bertz CT molecular complexity index is 255. The number of carbonyl (C=O) groups is 1. The molecule has 0 radical (unpaired) electrons. The molecule has 1 aliphatic rings. The molecule has 1 aliphatic heterocycles. The van der Waals surface area contributed by atoms with Crippen molar-refractivity contribution in [1.82, 2.24) is 15.5 Å². The Morgan fingerprint density at radius 1 is 1.33 bits per heavy atom. The average Bonchev–Trinajstić information content (AvgIpc) is 2.73. The molecule has 106 valence electrons. The van der Waals surface area contributed by atoms with Crippen molar-refractivity contribution in [3.63, 3.8) is 0 Å². The zero-order chi connectivity index (χ0) is 13.5. The Hall–Kier alpha value is -0.610. The van der Waals surface area contributed by atoms with Gasteiger partial charge < -0.3 is 10.6 Å². The van der Waals surface area contributed by atoms with E-state index in [2.05, 4.69) is 36.3 Å². The van der Waals surface area contributed by atoms with Crippen molar-refractivity contribution >= 4 is 5.91 Å². The third kappa shape index (κ3) is 5.83. The Labute approximate surface area is 111 Å². The molecular formula is C14H29N3O. The highest BCUT2D eigenvalue weighted by atomic mass is 16.2. The van der Waals surface area contributed by atoms with E-state index >= 15 is 0 Å². The van der Waals surface area contributed by atoms with Crippen LogP contribution < -0.4 is 10.6 Å². The minimum Gasteiger partial charge on any atom is -0.353 e. The van der Waals surface area contributed by atoms with Gasteiger partial charge in [-0.25, -0.2) is 0 Å². The van der Waals surface area contributed by atoms with Crippen molar-refractivity contribution in [2.24, 2.45) is 5.92 Å². The van der Waals surface area contributed by atoms with Crippen LogP contribution in [0.2, 0.25) is 0 Å². The van der Waals surface area contributed by atoms with E-state index in [-0.39, 0.29) is 5.91 Å². The second-order valence-corrected chi connectivity index (χ2v) is 5.95. The number of nitrogens with zero attached hydrogens (tertiary/aromatic N) is 1. The number of nitrogens with one attached hydrogen (secondary N) is 2. The fourth-order valence-electron chi connectivity index (χ4n) is 2.39. The van der Waals surface area contributed by atoms with Crippen molar-refractivity contribution < 1.29 is 4.79 Å². The van der Waals surface area contributed by atoms with Gasteiger partial charge in [-0.2, -0.15) is 0 Å². The third-order valence-electron chi connectivity index (χ3n) is 3.63. The molecule has 0 aromatic carbocycles. The Kier molecular flexibility index (Phi) is 6.65. The van der Waals surface area contributed by atoms with Crippen LogP contribution in [0.5, 0.6) is 0 Å². The molecule has 2 atom stereocenters. The predicted molar refractivity (Wildman–Crippen MR) is 75.6 cm³/mol. The van der Waals surface area contributed by atoms with Crippen molar-refractivity contribution in [1.29, 1.82) is 0 Å². The van der Waals surface area contributed by atoms with Gasteiger partial charge in [-0.15, -0.1) is 0 Å². The van der Waals surface area contributed by atoms with E-state index in [1.54, 1.807) is 0 Å². The molecule has 0 spiro atoms. The number of rotatable bonds is 7. The molecular weight excluding hydrogens is 226 g/mol. The van der Waals surface area contributed by atoms with Crippen LogP contribution in [-0.2, 0) is 4.79 Å². The number of hydrogen-bond donors (Lipinski definition) is 2. The van der Waals surface area contributed by atoms with E-state index in [0.29, 0.717) is 24.5 Å². The average molecular weight is 255 g/mol. The van der Waals surface area contributed by atoms with Gasteiger partial charge in [0.15, 0.2) is 0 Å². The van der Waals surface area contributed by atoms with E-state index in [4.69, 9.17) is 0 Å². The summed E-state index contributed by atoms with van der Waals surface area (Å²) in [5.74, 6) is 0.877. The van der Waals surface area contributed by atoms with Gasteiger partial charge in [-0.05, 0) is 39.2 Å². The van der Waals surface area contributed by atoms with Crippen molar-refractivity contribution in [2.75, 3.05) is 26.7 Å². The van der Waals surface area contributed by atoms with Gasteiger partial charge >= 0.3 is 0 Å². The van der Waals surface area contributed by atoms with Crippen molar-refractivity contribution in [3.05, 3.63) is 0 Å². The third-order valence-corrected chi connectivity index (χ3v) is 3.63. The van der Waals surface area contributed by atoms with Crippen molar-refractivity contribution in [3.8, 4) is 0 Å². The molecule has 2 unspecified atom stereocenters. The van der Waals surface area contributed by atoms with Crippen LogP contribution in [0.4, 0.5) is 0 Å². The SMILES string of the molecule is CNC1CCN(CC(=O)NC(C)CCC(C)C)C1. The molecule has 1 saturated heterocycles. The number of amides is 1. The van der Waals surface area contributed by atoms with Gasteiger partial charge in [0.1, 0.15) is 0 Å². The standard InChI is InChI=1S/C14H29N3O/c1-11(2)5-6-12(3)16-14(18)10-17-8-7-13(9-17)15-4/h11-13,15H,5-10H2,1-4H3,(H,16,18). The highest BCUT2D eigenvalue weighted by molar-refractivity contribution is 5.78. The zero-order valence-corrected chi connectivity index (χ0v) is 12.3. The summed E-state index contributed by atoms with van der Waals surface area (Å²) >= 11 is 0. The summed E-state index contributed by atoms with van der Waals surface area (Å²) < 4.78 is 0. The molecule has 0 saturated carbocycles. The molecule has 1 rings (SSSR count). The molecule has 4 nitrogen and oxygen atoms in total. The maximum Gasteiger partial charge on any atom is 0.234 e. The largest absolute Gasteiger partial charge is 0.353 e. The first kappa shape index (κ1) is 15.4. The number of hydrogen-bond acceptors (Lipinski definition) is 3. The lowest BCUT2D eigenvalue weighted by Crippen LogP contribution is -2.41. The predicted octanol–water partition coefficient (Wildman–Crippen LogP) is 1.22. The lowest BCUT2D eigenvalue weighted by atomic mass is 10.0. The molecule has 0 aromatic rings. The van der Waals surface area contributed by atoms with Crippen LogP contribution in [0.3, 0.4) is 0 Å². The summed E-state index contributed by atoms with van der Waals surface area (Å²) in [5, 5.41) is 6.36. The van der Waals surface area contributed by atoms with Gasteiger partial charge in [0.2, 0.25) is 5.91 Å². The number of likely N-dealkylation sites (tertiary alicyclic amines) is 1. The lowest BCUT2D eigenvalue weighted by Gasteiger charge is -2.19. The van der Waals surface area contributed by atoms with Crippen LogP contribution >= 0.6 is 0 Å². The Morgan fingerprint density at radius 2 is 2.06 bits per heavy atom. The number of likely N-dealkylation sites (N-methyl/N-ethyl adjacent to an activating group) is 1. The van der Waals surface area contributed by atoms with Gasteiger partial charge in [-0.1, -0.05) is 13.8 Å². The summed E-state index contributed by atoms with van der Waals surface area (Å²) in [5.41, 5.74) is 0. The topological polar surface area (TPSA) is 44.4 Å². The molecule has 0 aliphatic carbocycles. The summed E-state index contributed by atoms with van der Waals surface area (Å²) in [6, 6.07) is 0.846. The van der Waals surface area contributed by atoms with E-state index < -0.39 is 0 Å². The fourth-order valence-corrected chi connectivity index (χ4v) is 2.39. The lowest BCUT2D eigenvalue weighted by molar-refractivity contribution is -0.122. The second-order valence-electron chi connectivity index (χ2n) is 5.95. The van der Waals surface area contributed by atoms with E-state index in [1.807, 2.05) is 7.05 Å². The van der Waals surface area contributed by atoms with Crippen LogP contribution in [0, 0.1) is 5.92 Å². The monoisotopic (exact) mass is 255 g/mol. The van der Waals surface area contributed by atoms with Crippen LogP contribution in [0.15, 0.2) is 0 Å². The highest BCUT2D eigenvalue weighted by Crippen LogP contribution is 2.09. The number of carbonyl (C=O) groups excluding carboxylic acids is 1. The molecule has 1 amide bonds. The molecule has 2 N–H and O–H groups in total. The minimum absolute atomic E-state index is 0.169. The normalized spacial score (nSPS) is 22.4. The summed E-state index contributed by atoms with van der Waals surface area (Å²) in [6.45, 7) is 9.10. The summed E-state index contributed by atoms with van der Waals surface area (Å²) in [6.07, 6.45) is 3.39. The molecule has 1 fully saturated rings. The smallest absolute Gasteiger partial charge is 0.234 e. The first-order valence-corrected chi connectivity index (χ1v) is 7.20. The molecule has 18 heavy (non-hydrogen) atoms. The van der Waals surface area contributed by atoms with Gasteiger partial charge in [0.05, 0.1) is 6.54 Å². The van der Waals surface area contributed by atoms with Gasteiger partial charge in [-0.3, -0.25) is 9.69 Å². The first-order chi connectivity index (χ1) is 8.51. The van der Waals surface area contributed by atoms with E-state index in [0.717, 1.165) is 25.9 Å². The zero-order valence-electron chi connectivity index (χ0n) is 12.3. The fraction of sp³-hybridized carbons (Fsp3) is 0.929. The second kappa shape index (κ2) is 7.74. The maximum atomic E-state index is 11.9. The van der Waals surface area contributed by atoms with Crippen LogP contribution in [0.25, 0.3) is 0 Å². The molecule has 0 aromatic heterocycles. The molecule has 1 heterocycles. The quantitative estimate of drug-likeness (QED) is 0.719. The van der Waals surface area contributed by atoms with Crippen LogP contribution in [0.1, 0.15) is 40.0 Å². The molecule has 0 bridgehead atoms. The highest BCUT2D eigenvalue weighted by Gasteiger charge is 2.22. The summed E-state index contributed by atoms with van der Waals surface area (Å²) in [4.78, 5) is 14.1. The van der Waals surface area contributed by atoms with Crippen molar-refractivity contribution in [2.45, 2.75) is 52.1 Å². The van der Waals surface area contributed by atoms with Gasteiger partial charge in [0, 0.05) is 25.2 Å². The van der Waals surface area contributed by atoms with E-state index in [9.17, 15) is 4.79 Å². The first-order valence-electron chi connectivity index (χ1n) is 7.20. The maximum absolute atomic E-state index is 11.9.